The van der Waals surface area contributed by atoms with Crippen LogP contribution in [0.2, 0.25) is 0 Å². The van der Waals surface area contributed by atoms with Gasteiger partial charge in [-0.25, -0.2) is 4.98 Å². The maximum atomic E-state index is 5.26. The highest BCUT2D eigenvalue weighted by atomic mass is 15.1. The summed E-state index contributed by atoms with van der Waals surface area (Å²) in [5.41, 5.74) is 13.5. The number of hydrogen-bond donors (Lipinski definition) is 0. The SMILES string of the molecule is c1cc(-c2cccc(-n3c4ccccc4c4ccccc43)c2)cc(-n2c(-c3cccc(-n4c5ccccc5c5ccccc54)c3)nc3ccccc32)c1. The molecule has 0 radical (unpaired) electrons. The molecular formula is C49H32N4. The molecule has 11 rings (SSSR count). The third kappa shape index (κ3) is 4.59. The predicted octanol–water partition coefficient (Wildman–Crippen LogP) is 12.6. The molecule has 0 saturated heterocycles. The fraction of sp³-hybridized carbons (Fsp3) is 0. The van der Waals surface area contributed by atoms with Crippen LogP contribution < -0.4 is 0 Å². The van der Waals surface area contributed by atoms with Gasteiger partial charge in [-0.15, -0.1) is 0 Å². The summed E-state index contributed by atoms with van der Waals surface area (Å²) in [5.74, 6) is 0.907. The molecule has 0 spiro atoms. The van der Waals surface area contributed by atoms with Gasteiger partial charge in [-0.05, 0) is 83.9 Å². The first-order valence-corrected chi connectivity index (χ1v) is 18.1. The summed E-state index contributed by atoms with van der Waals surface area (Å²) < 4.78 is 7.05. The van der Waals surface area contributed by atoms with E-state index in [1.165, 1.54) is 43.6 Å². The Labute approximate surface area is 306 Å². The van der Waals surface area contributed by atoms with Crippen LogP contribution in [0.25, 0.3) is 94.2 Å². The number of para-hydroxylation sites is 6. The summed E-state index contributed by atoms with van der Waals surface area (Å²) in [7, 11) is 0. The molecule has 0 aliphatic heterocycles. The number of benzene rings is 8. The average Bonchev–Trinajstić information content (AvgIpc) is 3.89. The summed E-state index contributed by atoms with van der Waals surface area (Å²) in [6.07, 6.45) is 0. The molecule has 4 heteroatoms. The molecule has 0 atom stereocenters. The first-order valence-electron chi connectivity index (χ1n) is 18.1. The Morgan fingerprint density at radius 3 is 1.11 bits per heavy atom. The first-order chi connectivity index (χ1) is 26.3. The topological polar surface area (TPSA) is 27.7 Å². The molecule has 248 valence electrons. The van der Waals surface area contributed by atoms with E-state index in [1.54, 1.807) is 0 Å². The van der Waals surface area contributed by atoms with Gasteiger partial charge in [0, 0.05) is 44.2 Å². The highest BCUT2D eigenvalue weighted by Gasteiger charge is 2.18. The quantitative estimate of drug-likeness (QED) is 0.178. The standard InChI is InChI=1S/C49H32N4/c1-6-25-44-39(20-1)40-21-2-7-26-45(40)51(44)36-17-11-14-33(30-36)34-15-12-19-38(31-34)53-48-29-10-5-24-43(48)50-49(53)35-16-13-18-37(32-35)52-46-27-8-3-22-41(46)42-23-4-9-28-47(42)52/h1-32H. The molecule has 0 aliphatic carbocycles. The average molecular weight is 677 g/mol. The Morgan fingerprint density at radius 2 is 0.642 bits per heavy atom. The Balaban J connectivity index is 1.06. The lowest BCUT2D eigenvalue weighted by molar-refractivity contribution is 1.10. The van der Waals surface area contributed by atoms with Gasteiger partial charge in [0.1, 0.15) is 5.82 Å². The molecular weight excluding hydrogens is 645 g/mol. The van der Waals surface area contributed by atoms with E-state index in [0.717, 1.165) is 50.6 Å². The van der Waals surface area contributed by atoms with E-state index in [4.69, 9.17) is 4.98 Å². The molecule has 3 aromatic heterocycles. The molecule has 4 nitrogen and oxygen atoms in total. The summed E-state index contributed by atoms with van der Waals surface area (Å²) in [5, 5.41) is 5.02. The highest BCUT2D eigenvalue weighted by molar-refractivity contribution is 6.10. The lowest BCUT2D eigenvalue weighted by Crippen LogP contribution is -2.00. The molecule has 0 unspecified atom stereocenters. The van der Waals surface area contributed by atoms with Gasteiger partial charge in [0.25, 0.3) is 0 Å². The normalized spacial score (nSPS) is 11.8. The van der Waals surface area contributed by atoms with Crippen LogP contribution in [0.4, 0.5) is 0 Å². The monoisotopic (exact) mass is 676 g/mol. The van der Waals surface area contributed by atoms with Gasteiger partial charge in [0.05, 0.1) is 33.1 Å². The molecule has 0 N–H and O–H groups in total. The van der Waals surface area contributed by atoms with Gasteiger partial charge in [-0.1, -0.05) is 121 Å². The number of imidazole rings is 1. The van der Waals surface area contributed by atoms with Gasteiger partial charge < -0.3 is 9.13 Å². The van der Waals surface area contributed by atoms with Gasteiger partial charge in [0.2, 0.25) is 0 Å². The van der Waals surface area contributed by atoms with Gasteiger partial charge in [-0.3, -0.25) is 4.57 Å². The molecule has 0 fully saturated rings. The Hall–Kier alpha value is -7.17. The third-order valence-electron chi connectivity index (χ3n) is 10.6. The van der Waals surface area contributed by atoms with Crippen LogP contribution in [-0.2, 0) is 0 Å². The minimum Gasteiger partial charge on any atom is -0.309 e. The minimum atomic E-state index is 0.907. The second kappa shape index (κ2) is 11.7. The van der Waals surface area contributed by atoms with Crippen LogP contribution in [0.1, 0.15) is 0 Å². The molecule has 3 heterocycles. The van der Waals surface area contributed by atoms with Crippen molar-refractivity contribution in [2.45, 2.75) is 0 Å². The van der Waals surface area contributed by atoms with Crippen molar-refractivity contribution in [3.63, 3.8) is 0 Å². The van der Waals surface area contributed by atoms with Gasteiger partial charge >= 0.3 is 0 Å². The fourth-order valence-corrected chi connectivity index (χ4v) is 8.32. The van der Waals surface area contributed by atoms with E-state index in [2.05, 4.69) is 208 Å². The van der Waals surface area contributed by atoms with E-state index < -0.39 is 0 Å². The largest absolute Gasteiger partial charge is 0.309 e. The molecule has 0 aliphatic rings. The van der Waals surface area contributed by atoms with Gasteiger partial charge in [-0.2, -0.15) is 0 Å². The number of nitrogens with zero attached hydrogens (tertiary/aromatic N) is 4. The Bertz CT molecular complexity index is 3090. The van der Waals surface area contributed by atoms with Crippen LogP contribution in [0.3, 0.4) is 0 Å². The van der Waals surface area contributed by atoms with E-state index in [-0.39, 0.29) is 0 Å². The Kier molecular flexibility index (Phi) is 6.52. The van der Waals surface area contributed by atoms with E-state index in [0.29, 0.717) is 0 Å². The minimum absolute atomic E-state index is 0.907. The molecule has 0 bridgehead atoms. The second-order valence-corrected chi connectivity index (χ2v) is 13.6. The molecule has 8 aromatic carbocycles. The third-order valence-corrected chi connectivity index (χ3v) is 10.6. The summed E-state index contributed by atoms with van der Waals surface area (Å²) >= 11 is 0. The van der Waals surface area contributed by atoms with Crippen LogP contribution in [-0.4, -0.2) is 18.7 Å². The lowest BCUT2D eigenvalue weighted by atomic mass is 10.0. The van der Waals surface area contributed by atoms with Crippen molar-refractivity contribution in [1.29, 1.82) is 0 Å². The second-order valence-electron chi connectivity index (χ2n) is 13.6. The van der Waals surface area contributed by atoms with Crippen molar-refractivity contribution in [2.24, 2.45) is 0 Å². The van der Waals surface area contributed by atoms with Crippen LogP contribution in [0, 0.1) is 0 Å². The molecule has 0 amide bonds. The predicted molar refractivity (Wildman–Crippen MR) is 221 cm³/mol. The van der Waals surface area contributed by atoms with Crippen LogP contribution >= 0.6 is 0 Å². The van der Waals surface area contributed by atoms with E-state index >= 15 is 0 Å². The van der Waals surface area contributed by atoms with Crippen molar-refractivity contribution in [3.8, 4) is 39.6 Å². The number of aromatic nitrogens is 4. The smallest absolute Gasteiger partial charge is 0.145 e. The van der Waals surface area contributed by atoms with E-state index in [1.807, 2.05) is 0 Å². The number of fused-ring (bicyclic) bond motifs is 7. The molecule has 53 heavy (non-hydrogen) atoms. The zero-order chi connectivity index (χ0) is 34.9. The number of rotatable bonds is 5. The summed E-state index contributed by atoms with van der Waals surface area (Å²) in [4.78, 5) is 5.26. The van der Waals surface area contributed by atoms with Crippen LogP contribution in [0.5, 0.6) is 0 Å². The molecule has 11 aromatic rings. The maximum absolute atomic E-state index is 5.26. The summed E-state index contributed by atoms with van der Waals surface area (Å²) in [6, 6.07) is 69.6. The Morgan fingerprint density at radius 1 is 0.283 bits per heavy atom. The van der Waals surface area contributed by atoms with E-state index in [9.17, 15) is 0 Å². The zero-order valence-electron chi connectivity index (χ0n) is 28.8. The lowest BCUT2D eigenvalue weighted by Gasteiger charge is -2.14. The highest BCUT2D eigenvalue weighted by Crippen LogP contribution is 2.37. The van der Waals surface area contributed by atoms with Gasteiger partial charge in [0.15, 0.2) is 0 Å². The zero-order valence-corrected chi connectivity index (χ0v) is 28.8. The van der Waals surface area contributed by atoms with Crippen molar-refractivity contribution in [3.05, 3.63) is 194 Å². The maximum Gasteiger partial charge on any atom is 0.145 e. The van der Waals surface area contributed by atoms with Crippen molar-refractivity contribution in [1.82, 2.24) is 18.7 Å². The summed E-state index contributed by atoms with van der Waals surface area (Å²) in [6.45, 7) is 0. The number of hydrogen-bond acceptors (Lipinski definition) is 1. The van der Waals surface area contributed by atoms with Crippen molar-refractivity contribution < 1.29 is 0 Å². The van der Waals surface area contributed by atoms with Crippen LogP contribution in [0.15, 0.2) is 194 Å². The molecule has 0 saturated carbocycles. The van der Waals surface area contributed by atoms with Crippen molar-refractivity contribution in [2.75, 3.05) is 0 Å². The fourth-order valence-electron chi connectivity index (χ4n) is 8.32. The first kappa shape index (κ1) is 29.5. The van der Waals surface area contributed by atoms with Crippen molar-refractivity contribution >= 4 is 54.6 Å².